The fraction of sp³-hybridized carbons (Fsp3) is 0.350. The van der Waals surface area contributed by atoms with Crippen LogP contribution in [0, 0.1) is 0 Å². The molecule has 1 fully saturated rings. The predicted molar refractivity (Wildman–Crippen MR) is 110 cm³/mol. The molecule has 0 unspecified atom stereocenters. The highest BCUT2D eigenvalue weighted by atomic mass is 35.5. The van der Waals surface area contributed by atoms with Crippen molar-refractivity contribution in [2.24, 2.45) is 0 Å². The van der Waals surface area contributed by atoms with E-state index in [1.165, 1.54) is 0 Å². The minimum atomic E-state index is -0.472. The molecule has 1 aromatic carbocycles. The van der Waals surface area contributed by atoms with E-state index >= 15 is 0 Å². The number of nitrogens with zero attached hydrogens (tertiary/aromatic N) is 3. The van der Waals surface area contributed by atoms with Crippen LogP contribution in [0.3, 0.4) is 0 Å². The van der Waals surface area contributed by atoms with E-state index < -0.39 is 6.10 Å². The molecule has 0 amide bonds. The minimum Gasteiger partial charge on any atom is -0.391 e. The lowest BCUT2D eigenvalue weighted by atomic mass is 9.97. The average Bonchev–Trinajstić information content (AvgIpc) is 3.06. The van der Waals surface area contributed by atoms with Crippen molar-refractivity contribution in [2.45, 2.75) is 38.0 Å². The second-order valence-electron chi connectivity index (χ2n) is 7.07. The summed E-state index contributed by atoms with van der Waals surface area (Å²) in [5.74, 6) is 0.0434. The normalized spacial score (nSPS) is 19.8. The third-order valence-corrected chi connectivity index (χ3v) is 5.45. The van der Waals surface area contributed by atoms with Crippen molar-refractivity contribution in [1.29, 1.82) is 0 Å². The van der Waals surface area contributed by atoms with E-state index in [1.54, 1.807) is 30.7 Å². The molecule has 2 atom stereocenters. The van der Waals surface area contributed by atoms with Gasteiger partial charge in [-0.15, -0.1) is 0 Å². The minimum absolute atomic E-state index is 0.0434. The van der Waals surface area contributed by atoms with E-state index in [1.807, 2.05) is 10.6 Å². The largest absolute Gasteiger partial charge is 0.391 e. The summed E-state index contributed by atoms with van der Waals surface area (Å²) in [5, 5.41) is 14.3. The van der Waals surface area contributed by atoms with E-state index in [9.17, 15) is 9.90 Å². The van der Waals surface area contributed by atoms with Crippen LogP contribution in [0.25, 0.3) is 22.3 Å². The third kappa shape index (κ3) is 4.05. The maximum absolute atomic E-state index is 12.6. The quantitative estimate of drug-likeness (QED) is 0.662. The molecule has 0 spiro atoms. The van der Waals surface area contributed by atoms with Gasteiger partial charge in [0.1, 0.15) is 5.52 Å². The monoisotopic (exact) mass is 418 g/mol. The molecule has 1 saturated heterocycles. The van der Waals surface area contributed by atoms with Gasteiger partial charge in [-0.1, -0.05) is 23.2 Å². The topological polar surface area (TPSA) is 80.0 Å². The number of hydrogen-bond acceptors (Lipinski definition) is 5. The van der Waals surface area contributed by atoms with Gasteiger partial charge in [-0.2, -0.15) is 0 Å². The summed E-state index contributed by atoms with van der Waals surface area (Å²) in [5.41, 5.74) is 2.93. The molecule has 0 aliphatic carbocycles. The molecule has 1 aliphatic rings. The second-order valence-corrected chi connectivity index (χ2v) is 7.94. The Balaban J connectivity index is 1.58. The van der Waals surface area contributed by atoms with E-state index in [0.717, 1.165) is 30.5 Å². The summed E-state index contributed by atoms with van der Waals surface area (Å²) in [7, 11) is 0. The lowest BCUT2D eigenvalue weighted by Gasteiger charge is -2.28. The summed E-state index contributed by atoms with van der Waals surface area (Å²) >= 11 is 12.2. The number of carbonyl (C=O) groups excluding carboxylic acids is 1. The molecule has 1 aliphatic heterocycles. The summed E-state index contributed by atoms with van der Waals surface area (Å²) in [6.07, 6.45) is 4.81. The Morgan fingerprint density at radius 2 is 2.04 bits per heavy atom. The van der Waals surface area contributed by atoms with Crippen molar-refractivity contribution in [3.8, 4) is 11.3 Å². The van der Waals surface area contributed by atoms with Crippen LogP contribution in [0.4, 0.5) is 0 Å². The number of hydrogen-bond donors (Lipinski definition) is 2. The molecule has 3 heterocycles. The van der Waals surface area contributed by atoms with Gasteiger partial charge in [0.15, 0.2) is 5.78 Å². The average molecular weight is 419 g/mol. The maximum Gasteiger partial charge on any atom is 0.154 e. The number of rotatable bonds is 5. The number of aromatic nitrogens is 3. The van der Waals surface area contributed by atoms with Crippen LogP contribution in [-0.4, -0.2) is 44.1 Å². The van der Waals surface area contributed by atoms with E-state index in [0.29, 0.717) is 27.7 Å². The SMILES string of the molecule is O=C(C[C@H]1NCCC[C@@H]1O)Cn1cnc2c(-c3cc(Cl)cc(Cl)c3)nccc21. The standard InChI is InChI=1S/C20H20Cl2N4O2/c21-13-6-12(7-14(22)8-13)19-20-17(3-5-24-19)26(11-25-20)10-15(27)9-16-18(28)2-1-4-23-16/h3,5-8,11,16,18,23,28H,1-2,4,9-10H2/t16-,18+/m1/s1. The zero-order valence-electron chi connectivity index (χ0n) is 15.1. The van der Waals surface area contributed by atoms with Crippen LogP contribution < -0.4 is 5.32 Å². The van der Waals surface area contributed by atoms with Gasteiger partial charge in [0.05, 0.1) is 30.2 Å². The Hall–Kier alpha value is -1.99. The van der Waals surface area contributed by atoms with Gasteiger partial charge in [-0.05, 0) is 43.7 Å². The fourth-order valence-corrected chi connectivity index (χ4v) is 4.19. The first-order valence-electron chi connectivity index (χ1n) is 9.21. The molecule has 0 bridgehead atoms. The fourth-order valence-electron chi connectivity index (χ4n) is 3.66. The Morgan fingerprint density at radius 3 is 2.79 bits per heavy atom. The van der Waals surface area contributed by atoms with Gasteiger partial charge in [0.25, 0.3) is 0 Å². The van der Waals surface area contributed by atoms with Crippen LogP contribution in [0.5, 0.6) is 0 Å². The van der Waals surface area contributed by atoms with Gasteiger partial charge in [-0.25, -0.2) is 4.98 Å². The molecule has 2 aromatic heterocycles. The molecule has 4 rings (SSSR count). The first-order chi connectivity index (χ1) is 13.5. The molecule has 2 N–H and O–H groups in total. The number of aliphatic hydroxyl groups is 1. The number of benzene rings is 1. The van der Waals surface area contributed by atoms with Gasteiger partial charge in [0, 0.05) is 34.3 Å². The van der Waals surface area contributed by atoms with E-state index in [-0.39, 0.29) is 18.4 Å². The highest BCUT2D eigenvalue weighted by Crippen LogP contribution is 2.30. The number of Topliss-reactive ketones (excluding diaryl/α,β-unsaturated/α-hetero) is 1. The number of halogens is 2. The zero-order valence-corrected chi connectivity index (χ0v) is 16.6. The Bertz CT molecular complexity index is 1000. The first-order valence-corrected chi connectivity index (χ1v) is 9.96. The number of carbonyl (C=O) groups is 1. The first kappa shape index (κ1) is 19.3. The summed E-state index contributed by atoms with van der Waals surface area (Å²) < 4.78 is 1.81. The Labute approximate surface area is 172 Å². The molecule has 0 saturated carbocycles. The van der Waals surface area contributed by atoms with Gasteiger partial charge in [0.2, 0.25) is 0 Å². The van der Waals surface area contributed by atoms with Crippen molar-refractivity contribution in [3.63, 3.8) is 0 Å². The van der Waals surface area contributed by atoms with Crippen molar-refractivity contribution in [3.05, 3.63) is 46.8 Å². The lowest BCUT2D eigenvalue weighted by molar-refractivity contribution is -0.121. The van der Waals surface area contributed by atoms with Crippen molar-refractivity contribution in [2.75, 3.05) is 6.54 Å². The molecule has 6 nitrogen and oxygen atoms in total. The predicted octanol–water partition coefficient (Wildman–Crippen LogP) is 3.48. The van der Waals surface area contributed by atoms with Crippen molar-refractivity contribution < 1.29 is 9.90 Å². The Morgan fingerprint density at radius 1 is 1.25 bits per heavy atom. The maximum atomic E-state index is 12.6. The highest BCUT2D eigenvalue weighted by molar-refractivity contribution is 6.35. The number of piperidine rings is 1. The number of nitrogens with one attached hydrogen (secondary N) is 1. The molecule has 146 valence electrons. The summed E-state index contributed by atoms with van der Waals surface area (Å²) in [6, 6.07) is 6.89. The highest BCUT2D eigenvalue weighted by Gasteiger charge is 2.25. The molecular weight excluding hydrogens is 399 g/mol. The lowest BCUT2D eigenvalue weighted by Crippen LogP contribution is -2.46. The van der Waals surface area contributed by atoms with E-state index in [4.69, 9.17) is 23.2 Å². The van der Waals surface area contributed by atoms with Crippen LogP contribution in [0.15, 0.2) is 36.8 Å². The summed E-state index contributed by atoms with van der Waals surface area (Å²) in [6.45, 7) is 1.03. The zero-order chi connectivity index (χ0) is 19.7. The van der Waals surface area contributed by atoms with Gasteiger partial charge < -0.3 is 15.0 Å². The smallest absolute Gasteiger partial charge is 0.154 e. The molecule has 8 heteroatoms. The number of fused-ring (bicyclic) bond motifs is 1. The number of imidazole rings is 1. The van der Waals surface area contributed by atoms with Crippen LogP contribution in [-0.2, 0) is 11.3 Å². The second kappa shape index (κ2) is 8.17. The molecule has 3 aromatic rings. The molecule has 28 heavy (non-hydrogen) atoms. The number of ketones is 1. The number of pyridine rings is 1. The van der Waals surface area contributed by atoms with Gasteiger partial charge >= 0.3 is 0 Å². The third-order valence-electron chi connectivity index (χ3n) is 5.02. The molecule has 0 radical (unpaired) electrons. The summed E-state index contributed by atoms with van der Waals surface area (Å²) in [4.78, 5) is 21.5. The van der Waals surface area contributed by atoms with Crippen molar-refractivity contribution >= 4 is 40.0 Å². The molecular formula is C20H20Cl2N4O2. The van der Waals surface area contributed by atoms with Gasteiger partial charge in [-0.3, -0.25) is 9.78 Å². The van der Waals surface area contributed by atoms with Crippen LogP contribution in [0.1, 0.15) is 19.3 Å². The van der Waals surface area contributed by atoms with E-state index in [2.05, 4.69) is 15.3 Å². The Kier molecular flexibility index (Phi) is 5.64. The van der Waals surface area contributed by atoms with Crippen LogP contribution >= 0.6 is 23.2 Å². The van der Waals surface area contributed by atoms with Crippen LogP contribution in [0.2, 0.25) is 10.0 Å². The number of aliphatic hydroxyl groups excluding tert-OH is 1. The van der Waals surface area contributed by atoms with Crippen molar-refractivity contribution in [1.82, 2.24) is 19.9 Å².